The van der Waals surface area contributed by atoms with Gasteiger partial charge in [0.15, 0.2) is 0 Å². The third kappa shape index (κ3) is 4.63. The third-order valence-electron chi connectivity index (χ3n) is 2.25. The zero-order valence-corrected chi connectivity index (χ0v) is 11.1. The van der Waals surface area contributed by atoms with Crippen LogP contribution in [0.5, 0.6) is 0 Å². The predicted molar refractivity (Wildman–Crippen MR) is 67.6 cm³/mol. The number of nitrogens with one attached hydrogen (secondary N) is 1. The summed E-state index contributed by atoms with van der Waals surface area (Å²) in [4.78, 5) is 0.144. The van der Waals surface area contributed by atoms with Crippen molar-refractivity contribution in [2.45, 2.75) is 30.8 Å². The Balaban J connectivity index is 2.66. The molecular formula is C11H16ClNO3S. The van der Waals surface area contributed by atoms with Crippen molar-refractivity contribution in [1.82, 2.24) is 4.72 Å². The number of hydrogen-bond donors (Lipinski definition) is 2. The second-order valence-corrected chi connectivity index (χ2v) is 5.95. The van der Waals surface area contributed by atoms with Gasteiger partial charge in [0.1, 0.15) is 0 Å². The molecule has 0 aliphatic carbocycles. The van der Waals surface area contributed by atoms with Gasteiger partial charge in [-0.3, -0.25) is 0 Å². The van der Waals surface area contributed by atoms with E-state index < -0.39 is 16.1 Å². The van der Waals surface area contributed by atoms with E-state index in [-0.39, 0.29) is 11.4 Å². The minimum Gasteiger partial charge on any atom is -0.392 e. The second kappa shape index (κ2) is 6.35. The van der Waals surface area contributed by atoms with Gasteiger partial charge in [-0.25, -0.2) is 13.1 Å². The Morgan fingerprint density at radius 2 is 1.94 bits per heavy atom. The van der Waals surface area contributed by atoms with Crippen LogP contribution in [-0.2, 0) is 10.0 Å². The first-order chi connectivity index (χ1) is 7.95. The normalized spacial score (nSPS) is 13.6. The zero-order valence-electron chi connectivity index (χ0n) is 9.56. The van der Waals surface area contributed by atoms with Gasteiger partial charge in [0.05, 0.1) is 11.0 Å². The average Bonchev–Trinajstić information content (AvgIpc) is 2.28. The number of hydrogen-bond acceptors (Lipinski definition) is 3. The fourth-order valence-electron chi connectivity index (χ4n) is 1.34. The van der Waals surface area contributed by atoms with Gasteiger partial charge in [-0.2, -0.15) is 0 Å². The van der Waals surface area contributed by atoms with Gasteiger partial charge in [0.2, 0.25) is 10.0 Å². The van der Waals surface area contributed by atoms with Crippen molar-refractivity contribution < 1.29 is 13.5 Å². The second-order valence-electron chi connectivity index (χ2n) is 3.75. The largest absolute Gasteiger partial charge is 0.392 e. The predicted octanol–water partition coefficient (Wildman–Crippen LogP) is 1.78. The molecule has 0 unspecified atom stereocenters. The molecule has 0 aliphatic heterocycles. The highest BCUT2D eigenvalue weighted by atomic mass is 35.5. The Morgan fingerprint density at radius 3 is 2.47 bits per heavy atom. The highest BCUT2D eigenvalue weighted by Gasteiger charge is 2.15. The molecule has 2 N–H and O–H groups in total. The lowest BCUT2D eigenvalue weighted by Crippen LogP contribution is -2.32. The maximum absolute atomic E-state index is 11.8. The maximum atomic E-state index is 11.8. The summed E-state index contributed by atoms with van der Waals surface area (Å²) in [6.07, 6.45) is 0.731. The van der Waals surface area contributed by atoms with Crippen molar-refractivity contribution in [1.29, 1.82) is 0 Å². The molecule has 0 aromatic heterocycles. The number of benzene rings is 1. The number of sulfonamides is 1. The van der Waals surface area contributed by atoms with E-state index in [0.29, 0.717) is 11.4 Å². The minimum absolute atomic E-state index is 0.0266. The first-order valence-electron chi connectivity index (χ1n) is 5.39. The topological polar surface area (TPSA) is 66.4 Å². The van der Waals surface area contributed by atoms with E-state index in [2.05, 4.69) is 4.72 Å². The molecule has 1 atom stereocenters. The Labute approximate surface area is 107 Å². The molecule has 0 spiro atoms. The molecule has 96 valence electrons. The Hall–Kier alpha value is -0.620. The van der Waals surface area contributed by atoms with Crippen LogP contribution in [0, 0.1) is 0 Å². The van der Waals surface area contributed by atoms with Crippen molar-refractivity contribution in [3.05, 3.63) is 29.3 Å². The van der Waals surface area contributed by atoms with E-state index in [9.17, 15) is 13.5 Å². The van der Waals surface area contributed by atoms with Crippen LogP contribution in [0.1, 0.15) is 19.8 Å². The van der Waals surface area contributed by atoms with E-state index in [1.165, 1.54) is 24.3 Å². The third-order valence-corrected chi connectivity index (χ3v) is 3.95. The molecule has 0 aliphatic rings. The summed E-state index contributed by atoms with van der Waals surface area (Å²) in [5.74, 6) is 0. The van der Waals surface area contributed by atoms with Gasteiger partial charge in [-0.05, 0) is 30.7 Å². The maximum Gasteiger partial charge on any atom is 0.240 e. The lowest BCUT2D eigenvalue weighted by molar-refractivity contribution is 0.167. The smallest absolute Gasteiger partial charge is 0.240 e. The number of aliphatic hydroxyl groups is 1. The first kappa shape index (κ1) is 14.4. The van der Waals surface area contributed by atoms with Crippen molar-refractivity contribution in [2.75, 3.05) is 6.54 Å². The van der Waals surface area contributed by atoms with Gasteiger partial charge in [0.25, 0.3) is 0 Å². The molecule has 1 aromatic carbocycles. The molecule has 0 saturated carbocycles. The quantitative estimate of drug-likeness (QED) is 0.833. The molecule has 0 heterocycles. The summed E-state index contributed by atoms with van der Waals surface area (Å²) in [6, 6.07) is 5.88. The van der Waals surface area contributed by atoms with Crippen LogP contribution in [0.2, 0.25) is 5.02 Å². The summed E-state index contributed by atoms with van der Waals surface area (Å²) >= 11 is 5.68. The van der Waals surface area contributed by atoms with Crippen molar-refractivity contribution >= 4 is 21.6 Å². The van der Waals surface area contributed by atoms with Gasteiger partial charge in [0, 0.05) is 11.6 Å². The molecule has 1 rings (SSSR count). The Bertz CT molecular complexity index is 444. The Morgan fingerprint density at radius 1 is 1.35 bits per heavy atom. The summed E-state index contributed by atoms with van der Waals surface area (Å²) < 4.78 is 25.9. The highest BCUT2D eigenvalue weighted by Crippen LogP contribution is 2.13. The monoisotopic (exact) mass is 277 g/mol. The van der Waals surface area contributed by atoms with E-state index in [4.69, 9.17) is 11.6 Å². The highest BCUT2D eigenvalue weighted by molar-refractivity contribution is 7.89. The van der Waals surface area contributed by atoms with Crippen LogP contribution in [0.3, 0.4) is 0 Å². The summed E-state index contributed by atoms with van der Waals surface area (Å²) in [5.41, 5.74) is 0. The van der Waals surface area contributed by atoms with Gasteiger partial charge < -0.3 is 5.11 Å². The lowest BCUT2D eigenvalue weighted by Gasteiger charge is -2.11. The fourth-order valence-corrected chi connectivity index (χ4v) is 2.54. The van der Waals surface area contributed by atoms with Crippen LogP contribution in [-0.4, -0.2) is 26.2 Å². The van der Waals surface area contributed by atoms with E-state index >= 15 is 0 Å². The molecule has 1 aromatic rings. The standard InChI is InChI=1S/C11H16ClNO3S/c1-2-3-10(14)8-13-17(15,16)11-6-4-9(12)5-7-11/h4-7,10,13-14H,2-3,8H2,1H3/t10-/m1/s1. The fraction of sp³-hybridized carbons (Fsp3) is 0.455. The van der Waals surface area contributed by atoms with E-state index in [1.807, 2.05) is 6.92 Å². The van der Waals surface area contributed by atoms with E-state index in [0.717, 1.165) is 6.42 Å². The minimum atomic E-state index is -3.56. The average molecular weight is 278 g/mol. The van der Waals surface area contributed by atoms with Crippen LogP contribution in [0.25, 0.3) is 0 Å². The van der Waals surface area contributed by atoms with Gasteiger partial charge >= 0.3 is 0 Å². The van der Waals surface area contributed by atoms with Crippen LogP contribution in [0.15, 0.2) is 29.2 Å². The molecule has 0 amide bonds. The van der Waals surface area contributed by atoms with Crippen molar-refractivity contribution in [3.63, 3.8) is 0 Å². The van der Waals surface area contributed by atoms with Crippen LogP contribution >= 0.6 is 11.6 Å². The van der Waals surface area contributed by atoms with Gasteiger partial charge in [-0.15, -0.1) is 0 Å². The summed E-state index contributed by atoms with van der Waals surface area (Å²) in [6.45, 7) is 1.95. The summed E-state index contributed by atoms with van der Waals surface area (Å²) in [5, 5.41) is 9.94. The van der Waals surface area contributed by atoms with E-state index in [1.54, 1.807) is 0 Å². The molecule has 0 radical (unpaired) electrons. The molecule has 0 fully saturated rings. The Kier molecular flexibility index (Phi) is 5.39. The number of halogens is 1. The first-order valence-corrected chi connectivity index (χ1v) is 7.25. The molecule has 4 nitrogen and oxygen atoms in total. The van der Waals surface area contributed by atoms with Crippen LogP contribution in [0.4, 0.5) is 0 Å². The molecule has 0 bridgehead atoms. The molecular weight excluding hydrogens is 262 g/mol. The van der Waals surface area contributed by atoms with Crippen LogP contribution < -0.4 is 4.72 Å². The zero-order chi connectivity index (χ0) is 12.9. The molecule has 0 saturated heterocycles. The molecule has 17 heavy (non-hydrogen) atoms. The van der Waals surface area contributed by atoms with Crippen molar-refractivity contribution in [3.8, 4) is 0 Å². The van der Waals surface area contributed by atoms with Gasteiger partial charge in [-0.1, -0.05) is 24.9 Å². The SMILES string of the molecule is CCC[C@@H](O)CNS(=O)(=O)c1ccc(Cl)cc1. The number of aliphatic hydroxyl groups excluding tert-OH is 1. The lowest BCUT2D eigenvalue weighted by atomic mass is 10.2. The van der Waals surface area contributed by atoms with Crippen molar-refractivity contribution in [2.24, 2.45) is 0 Å². The summed E-state index contributed by atoms with van der Waals surface area (Å²) in [7, 11) is -3.56. The number of rotatable bonds is 6. The molecule has 6 heteroatoms.